The van der Waals surface area contributed by atoms with Crippen molar-refractivity contribution in [2.75, 3.05) is 6.61 Å². The summed E-state index contributed by atoms with van der Waals surface area (Å²) >= 11 is 0. The number of benzene rings is 2. The van der Waals surface area contributed by atoms with Crippen LogP contribution in [-0.4, -0.2) is 17.8 Å². The maximum absolute atomic E-state index is 10.1. The van der Waals surface area contributed by atoms with E-state index in [2.05, 4.69) is 0 Å². The van der Waals surface area contributed by atoms with Crippen LogP contribution in [0.15, 0.2) is 36.4 Å². The molecule has 0 aliphatic rings. The summed E-state index contributed by atoms with van der Waals surface area (Å²) in [4.78, 5) is 0. The summed E-state index contributed by atoms with van der Waals surface area (Å²) in [6, 6.07) is 11.6. The third-order valence-electron chi connectivity index (χ3n) is 3.40. The van der Waals surface area contributed by atoms with Gasteiger partial charge in [-0.3, -0.25) is 0 Å². The monoisotopic (exact) mass is 295 g/mol. The second-order valence-electron chi connectivity index (χ2n) is 4.63. The normalized spacial score (nSPS) is 13.6. The number of aliphatic hydroxyl groups is 1. The van der Waals surface area contributed by atoms with Gasteiger partial charge in [-0.05, 0) is 30.2 Å². The van der Waals surface area contributed by atoms with Gasteiger partial charge in [0.1, 0.15) is 5.75 Å². The average Bonchev–Trinajstić information content (AvgIpc) is 2.45. The quantitative estimate of drug-likeness (QED) is 0.888. The summed E-state index contributed by atoms with van der Waals surface area (Å²) in [6.45, 7) is 4.46. The fourth-order valence-electron chi connectivity index (χ4n) is 2.35. The number of fused-ring (bicyclic) bond motifs is 1. The molecule has 0 saturated carbocycles. The lowest BCUT2D eigenvalue weighted by Gasteiger charge is -2.22. The number of halogens is 1. The molecule has 4 heteroatoms. The van der Waals surface area contributed by atoms with E-state index in [1.54, 1.807) is 0 Å². The summed E-state index contributed by atoms with van der Waals surface area (Å²) in [5.41, 5.74) is 7.11. The van der Waals surface area contributed by atoms with E-state index in [4.69, 9.17) is 10.5 Å². The number of ether oxygens (including phenoxy) is 1. The second kappa shape index (κ2) is 7.48. The zero-order chi connectivity index (χ0) is 13.8. The van der Waals surface area contributed by atoms with E-state index in [0.29, 0.717) is 13.0 Å². The van der Waals surface area contributed by atoms with E-state index in [0.717, 1.165) is 22.1 Å². The fraction of sp³-hybridized carbons (Fsp3) is 0.375. The van der Waals surface area contributed by atoms with Crippen LogP contribution in [0.25, 0.3) is 10.8 Å². The Kier molecular flexibility index (Phi) is 6.27. The van der Waals surface area contributed by atoms with Gasteiger partial charge in [0, 0.05) is 5.56 Å². The highest BCUT2D eigenvalue weighted by Gasteiger charge is 2.21. The van der Waals surface area contributed by atoms with Crippen molar-refractivity contribution in [3.8, 4) is 5.75 Å². The van der Waals surface area contributed by atoms with Gasteiger partial charge in [-0.1, -0.05) is 37.3 Å². The first-order chi connectivity index (χ1) is 9.19. The SMILES string of the molecule is CCOc1ccc2ccccc2c1[C@@H](N)[C@@H](O)CC.Cl. The van der Waals surface area contributed by atoms with E-state index in [1.807, 2.05) is 50.2 Å². The number of aliphatic hydroxyl groups excluding tert-OH is 1. The third-order valence-corrected chi connectivity index (χ3v) is 3.40. The van der Waals surface area contributed by atoms with E-state index < -0.39 is 12.1 Å². The Hall–Kier alpha value is -1.29. The Morgan fingerprint density at radius 2 is 1.85 bits per heavy atom. The lowest BCUT2D eigenvalue weighted by molar-refractivity contribution is 0.139. The highest BCUT2D eigenvalue weighted by molar-refractivity contribution is 5.88. The number of hydrogen-bond donors (Lipinski definition) is 2. The van der Waals surface area contributed by atoms with Gasteiger partial charge in [-0.25, -0.2) is 0 Å². The maximum atomic E-state index is 10.1. The number of hydrogen-bond acceptors (Lipinski definition) is 3. The van der Waals surface area contributed by atoms with Gasteiger partial charge in [0.25, 0.3) is 0 Å². The van der Waals surface area contributed by atoms with Crippen LogP contribution in [0.5, 0.6) is 5.75 Å². The van der Waals surface area contributed by atoms with Crippen molar-refractivity contribution in [2.24, 2.45) is 5.73 Å². The summed E-state index contributed by atoms with van der Waals surface area (Å²) in [5, 5.41) is 12.2. The Bertz CT molecular complexity index is 559. The van der Waals surface area contributed by atoms with Crippen LogP contribution >= 0.6 is 12.4 Å². The topological polar surface area (TPSA) is 55.5 Å². The van der Waals surface area contributed by atoms with Crippen LogP contribution < -0.4 is 10.5 Å². The van der Waals surface area contributed by atoms with Gasteiger partial charge in [0.15, 0.2) is 0 Å². The Morgan fingerprint density at radius 1 is 1.15 bits per heavy atom. The Labute approximate surface area is 126 Å². The molecule has 110 valence electrons. The van der Waals surface area contributed by atoms with Gasteiger partial charge in [0.2, 0.25) is 0 Å². The molecule has 0 radical (unpaired) electrons. The van der Waals surface area contributed by atoms with Gasteiger partial charge in [0.05, 0.1) is 18.8 Å². The van der Waals surface area contributed by atoms with Crippen LogP contribution in [0.3, 0.4) is 0 Å². The lowest BCUT2D eigenvalue weighted by Crippen LogP contribution is -2.26. The number of nitrogens with two attached hydrogens (primary N) is 1. The Morgan fingerprint density at radius 3 is 2.50 bits per heavy atom. The van der Waals surface area contributed by atoms with Crippen LogP contribution in [0.1, 0.15) is 31.9 Å². The van der Waals surface area contributed by atoms with Gasteiger partial charge in [-0.2, -0.15) is 0 Å². The van der Waals surface area contributed by atoms with E-state index in [1.165, 1.54) is 0 Å². The highest BCUT2D eigenvalue weighted by Crippen LogP contribution is 2.34. The van der Waals surface area contributed by atoms with Gasteiger partial charge >= 0.3 is 0 Å². The molecule has 0 bridgehead atoms. The number of rotatable bonds is 5. The molecule has 3 N–H and O–H groups in total. The first-order valence-electron chi connectivity index (χ1n) is 6.77. The molecule has 2 rings (SSSR count). The van der Waals surface area contributed by atoms with Crippen molar-refractivity contribution in [1.29, 1.82) is 0 Å². The van der Waals surface area contributed by atoms with Crippen molar-refractivity contribution in [3.05, 3.63) is 42.0 Å². The molecule has 0 unspecified atom stereocenters. The zero-order valence-electron chi connectivity index (χ0n) is 11.9. The summed E-state index contributed by atoms with van der Waals surface area (Å²) < 4.78 is 5.67. The highest BCUT2D eigenvalue weighted by atomic mass is 35.5. The van der Waals surface area contributed by atoms with Crippen molar-refractivity contribution >= 4 is 23.2 Å². The molecule has 2 atom stereocenters. The van der Waals surface area contributed by atoms with Crippen LogP contribution in [-0.2, 0) is 0 Å². The van der Waals surface area contributed by atoms with Gasteiger partial charge < -0.3 is 15.6 Å². The standard InChI is InChI=1S/C16H21NO2.ClH/c1-3-13(18)16(17)15-12-8-6-5-7-11(12)9-10-14(15)19-4-2;/h5-10,13,16,18H,3-4,17H2,1-2H3;1H/t13-,16-;/m0./s1. The fourth-order valence-corrected chi connectivity index (χ4v) is 2.35. The van der Waals surface area contributed by atoms with Crippen molar-refractivity contribution in [1.82, 2.24) is 0 Å². The third kappa shape index (κ3) is 3.23. The predicted molar refractivity (Wildman–Crippen MR) is 85.6 cm³/mol. The van der Waals surface area contributed by atoms with Crippen molar-refractivity contribution < 1.29 is 9.84 Å². The molecule has 0 aliphatic heterocycles. The van der Waals surface area contributed by atoms with Crippen molar-refractivity contribution in [3.63, 3.8) is 0 Å². The molecule has 0 fully saturated rings. The van der Waals surface area contributed by atoms with Crippen LogP contribution in [0, 0.1) is 0 Å². The first-order valence-corrected chi connectivity index (χ1v) is 6.77. The summed E-state index contributed by atoms with van der Waals surface area (Å²) in [7, 11) is 0. The molecule has 0 amide bonds. The molecule has 2 aromatic rings. The first kappa shape index (κ1) is 16.8. The second-order valence-corrected chi connectivity index (χ2v) is 4.63. The van der Waals surface area contributed by atoms with E-state index >= 15 is 0 Å². The van der Waals surface area contributed by atoms with E-state index in [-0.39, 0.29) is 12.4 Å². The molecule has 0 heterocycles. The predicted octanol–water partition coefficient (Wildman–Crippen LogP) is 3.43. The molecule has 0 spiro atoms. The lowest BCUT2D eigenvalue weighted by atomic mass is 9.94. The Balaban J connectivity index is 0.00000200. The molecular weight excluding hydrogens is 274 g/mol. The minimum Gasteiger partial charge on any atom is -0.494 e. The molecule has 0 saturated heterocycles. The average molecular weight is 296 g/mol. The molecular formula is C16H22ClNO2. The summed E-state index contributed by atoms with van der Waals surface area (Å²) in [5.74, 6) is 0.765. The van der Waals surface area contributed by atoms with Crippen molar-refractivity contribution in [2.45, 2.75) is 32.4 Å². The zero-order valence-corrected chi connectivity index (χ0v) is 12.7. The largest absolute Gasteiger partial charge is 0.494 e. The molecule has 0 aliphatic carbocycles. The molecule has 2 aromatic carbocycles. The minimum absolute atomic E-state index is 0. The molecule has 20 heavy (non-hydrogen) atoms. The molecule has 0 aromatic heterocycles. The maximum Gasteiger partial charge on any atom is 0.124 e. The summed E-state index contributed by atoms with van der Waals surface area (Å²) in [6.07, 6.45) is 0.0562. The van der Waals surface area contributed by atoms with E-state index in [9.17, 15) is 5.11 Å². The molecule has 3 nitrogen and oxygen atoms in total. The van der Waals surface area contributed by atoms with Gasteiger partial charge in [-0.15, -0.1) is 12.4 Å². The van der Waals surface area contributed by atoms with Crippen LogP contribution in [0.4, 0.5) is 0 Å². The minimum atomic E-state index is -0.565. The van der Waals surface area contributed by atoms with Crippen LogP contribution in [0.2, 0.25) is 0 Å². The smallest absolute Gasteiger partial charge is 0.124 e.